The predicted molar refractivity (Wildman–Crippen MR) is 76.3 cm³/mol. The SMILES string of the molecule is CC(C)CCN(Cc1ccc(C(=O)O)cc1)C1CC1. The van der Waals surface area contributed by atoms with Gasteiger partial charge in [-0.3, -0.25) is 4.90 Å². The van der Waals surface area contributed by atoms with Gasteiger partial charge >= 0.3 is 5.97 Å². The average molecular weight is 261 g/mol. The molecule has 1 aliphatic carbocycles. The molecule has 0 heterocycles. The maximum atomic E-state index is 10.8. The first kappa shape index (κ1) is 14.1. The molecule has 2 rings (SSSR count). The zero-order valence-electron chi connectivity index (χ0n) is 11.8. The molecule has 0 aliphatic heterocycles. The predicted octanol–water partition coefficient (Wildman–Crippen LogP) is 3.40. The molecule has 0 unspecified atom stereocenters. The maximum Gasteiger partial charge on any atom is 0.335 e. The van der Waals surface area contributed by atoms with Crippen molar-refractivity contribution in [1.82, 2.24) is 4.90 Å². The molecule has 0 bridgehead atoms. The Bertz CT molecular complexity index is 421. The van der Waals surface area contributed by atoms with Crippen LogP contribution in [0.2, 0.25) is 0 Å². The summed E-state index contributed by atoms with van der Waals surface area (Å²) in [5.74, 6) is -0.124. The molecule has 104 valence electrons. The van der Waals surface area contributed by atoms with Gasteiger partial charge in [0.25, 0.3) is 0 Å². The molecule has 1 N–H and O–H groups in total. The van der Waals surface area contributed by atoms with E-state index in [2.05, 4.69) is 18.7 Å². The molecular weight excluding hydrogens is 238 g/mol. The summed E-state index contributed by atoms with van der Waals surface area (Å²) in [6.45, 7) is 6.60. The highest BCUT2D eigenvalue weighted by Gasteiger charge is 2.28. The summed E-state index contributed by atoms with van der Waals surface area (Å²) in [6, 6.07) is 8.02. The Morgan fingerprint density at radius 1 is 1.32 bits per heavy atom. The molecule has 0 spiro atoms. The minimum absolute atomic E-state index is 0.365. The molecule has 0 aromatic heterocycles. The van der Waals surface area contributed by atoms with Crippen LogP contribution in [0.15, 0.2) is 24.3 Å². The fraction of sp³-hybridized carbons (Fsp3) is 0.562. The third-order valence-electron chi connectivity index (χ3n) is 3.64. The highest BCUT2D eigenvalue weighted by atomic mass is 16.4. The monoisotopic (exact) mass is 261 g/mol. The lowest BCUT2D eigenvalue weighted by molar-refractivity contribution is 0.0697. The van der Waals surface area contributed by atoms with Crippen molar-refractivity contribution in [3.05, 3.63) is 35.4 Å². The number of rotatable bonds is 7. The van der Waals surface area contributed by atoms with Gasteiger partial charge in [0.15, 0.2) is 0 Å². The van der Waals surface area contributed by atoms with Crippen molar-refractivity contribution in [2.24, 2.45) is 5.92 Å². The lowest BCUT2D eigenvalue weighted by Crippen LogP contribution is -2.27. The van der Waals surface area contributed by atoms with E-state index in [4.69, 9.17) is 5.11 Å². The van der Waals surface area contributed by atoms with E-state index in [1.807, 2.05) is 12.1 Å². The second-order valence-electron chi connectivity index (χ2n) is 5.89. The van der Waals surface area contributed by atoms with Gasteiger partial charge in [0.2, 0.25) is 0 Å². The summed E-state index contributed by atoms with van der Waals surface area (Å²) < 4.78 is 0. The Kier molecular flexibility index (Phi) is 4.59. The molecule has 0 saturated heterocycles. The summed E-state index contributed by atoms with van der Waals surface area (Å²) >= 11 is 0. The summed E-state index contributed by atoms with van der Waals surface area (Å²) in [5, 5.41) is 8.89. The van der Waals surface area contributed by atoms with Crippen LogP contribution in [0, 0.1) is 5.92 Å². The van der Waals surface area contributed by atoms with E-state index in [1.165, 1.54) is 24.8 Å². The highest BCUT2D eigenvalue weighted by molar-refractivity contribution is 5.87. The van der Waals surface area contributed by atoms with Crippen LogP contribution in [0.5, 0.6) is 0 Å². The fourth-order valence-corrected chi connectivity index (χ4v) is 2.24. The Hall–Kier alpha value is -1.35. The van der Waals surface area contributed by atoms with Crippen molar-refractivity contribution in [2.45, 2.75) is 45.7 Å². The fourth-order valence-electron chi connectivity index (χ4n) is 2.24. The van der Waals surface area contributed by atoms with E-state index in [9.17, 15) is 4.79 Å². The first-order valence-electron chi connectivity index (χ1n) is 7.12. The zero-order valence-corrected chi connectivity index (χ0v) is 11.8. The van der Waals surface area contributed by atoms with Gasteiger partial charge in [0.05, 0.1) is 5.56 Å². The quantitative estimate of drug-likeness (QED) is 0.818. The number of benzene rings is 1. The van der Waals surface area contributed by atoms with Crippen molar-refractivity contribution in [2.75, 3.05) is 6.54 Å². The first-order valence-corrected chi connectivity index (χ1v) is 7.12. The largest absolute Gasteiger partial charge is 0.478 e. The minimum atomic E-state index is -0.856. The van der Waals surface area contributed by atoms with Gasteiger partial charge in [0.1, 0.15) is 0 Å². The molecule has 0 amide bonds. The van der Waals surface area contributed by atoms with Gasteiger partial charge in [-0.1, -0.05) is 26.0 Å². The van der Waals surface area contributed by atoms with Crippen molar-refractivity contribution in [1.29, 1.82) is 0 Å². The summed E-state index contributed by atoms with van der Waals surface area (Å²) in [4.78, 5) is 13.4. The van der Waals surface area contributed by atoms with E-state index >= 15 is 0 Å². The van der Waals surface area contributed by atoms with Gasteiger partial charge in [0, 0.05) is 12.6 Å². The molecule has 1 aliphatic rings. The van der Waals surface area contributed by atoms with Crippen LogP contribution in [0.4, 0.5) is 0 Å². The lowest BCUT2D eigenvalue weighted by Gasteiger charge is -2.23. The van der Waals surface area contributed by atoms with Crippen LogP contribution in [0.3, 0.4) is 0 Å². The van der Waals surface area contributed by atoms with Gasteiger partial charge in [-0.05, 0) is 49.4 Å². The number of nitrogens with zero attached hydrogens (tertiary/aromatic N) is 1. The Balaban J connectivity index is 1.94. The molecule has 0 atom stereocenters. The molecule has 1 saturated carbocycles. The second-order valence-corrected chi connectivity index (χ2v) is 5.89. The Labute approximate surface area is 115 Å². The van der Waals surface area contributed by atoms with E-state index in [0.29, 0.717) is 5.56 Å². The lowest BCUT2D eigenvalue weighted by atomic mass is 10.1. The van der Waals surface area contributed by atoms with Gasteiger partial charge in [-0.15, -0.1) is 0 Å². The van der Waals surface area contributed by atoms with Crippen LogP contribution in [0.1, 0.15) is 49.0 Å². The normalized spacial score (nSPS) is 15.2. The third kappa shape index (κ3) is 4.35. The Morgan fingerprint density at radius 2 is 1.95 bits per heavy atom. The van der Waals surface area contributed by atoms with Crippen LogP contribution in [-0.4, -0.2) is 28.6 Å². The zero-order chi connectivity index (χ0) is 13.8. The number of hydrogen-bond donors (Lipinski definition) is 1. The van der Waals surface area contributed by atoms with Crippen LogP contribution < -0.4 is 0 Å². The molecule has 19 heavy (non-hydrogen) atoms. The molecule has 3 heteroatoms. The van der Waals surface area contributed by atoms with Crippen molar-refractivity contribution in [3.63, 3.8) is 0 Å². The van der Waals surface area contributed by atoms with E-state index < -0.39 is 5.97 Å². The smallest absolute Gasteiger partial charge is 0.335 e. The minimum Gasteiger partial charge on any atom is -0.478 e. The average Bonchev–Trinajstić information content (AvgIpc) is 3.19. The number of aromatic carboxylic acids is 1. The van der Waals surface area contributed by atoms with E-state index in [0.717, 1.165) is 25.0 Å². The van der Waals surface area contributed by atoms with Gasteiger partial charge in [-0.2, -0.15) is 0 Å². The topological polar surface area (TPSA) is 40.5 Å². The van der Waals surface area contributed by atoms with Gasteiger partial charge < -0.3 is 5.11 Å². The number of carbonyl (C=O) groups is 1. The number of hydrogen-bond acceptors (Lipinski definition) is 2. The highest BCUT2D eigenvalue weighted by Crippen LogP contribution is 2.28. The van der Waals surface area contributed by atoms with E-state index in [1.54, 1.807) is 12.1 Å². The van der Waals surface area contributed by atoms with Crippen LogP contribution >= 0.6 is 0 Å². The van der Waals surface area contributed by atoms with Crippen LogP contribution in [0.25, 0.3) is 0 Å². The molecule has 3 nitrogen and oxygen atoms in total. The second kappa shape index (κ2) is 6.20. The molecule has 1 fully saturated rings. The van der Waals surface area contributed by atoms with Gasteiger partial charge in [-0.25, -0.2) is 4.79 Å². The molecule has 0 radical (unpaired) electrons. The summed E-state index contributed by atoms with van der Waals surface area (Å²) in [5.41, 5.74) is 1.57. The molecule has 1 aromatic carbocycles. The standard InChI is InChI=1S/C16H23NO2/c1-12(2)9-10-17(15-7-8-15)11-13-3-5-14(6-4-13)16(18)19/h3-6,12,15H,7-11H2,1-2H3,(H,18,19). The van der Waals surface area contributed by atoms with E-state index in [-0.39, 0.29) is 0 Å². The maximum absolute atomic E-state index is 10.8. The number of carboxylic acids is 1. The summed E-state index contributed by atoms with van der Waals surface area (Å²) in [7, 11) is 0. The van der Waals surface area contributed by atoms with Crippen molar-refractivity contribution < 1.29 is 9.90 Å². The summed E-state index contributed by atoms with van der Waals surface area (Å²) in [6.07, 6.45) is 3.85. The van der Waals surface area contributed by atoms with Crippen molar-refractivity contribution >= 4 is 5.97 Å². The molecule has 1 aromatic rings. The first-order chi connectivity index (χ1) is 9.06. The number of carboxylic acid groups (broad SMARTS) is 1. The van der Waals surface area contributed by atoms with Crippen LogP contribution in [-0.2, 0) is 6.54 Å². The molecular formula is C16H23NO2. The Morgan fingerprint density at radius 3 is 2.42 bits per heavy atom. The third-order valence-corrected chi connectivity index (χ3v) is 3.64. The van der Waals surface area contributed by atoms with Crippen molar-refractivity contribution in [3.8, 4) is 0 Å².